The van der Waals surface area contributed by atoms with Crippen molar-refractivity contribution in [1.82, 2.24) is 5.32 Å². The molecule has 4 atom stereocenters. The Balaban J connectivity index is 2.02. The minimum atomic E-state index is -0.623. The fourth-order valence-electron chi connectivity index (χ4n) is 3.90. The van der Waals surface area contributed by atoms with E-state index >= 15 is 0 Å². The van der Waals surface area contributed by atoms with Gasteiger partial charge in [-0.2, -0.15) is 0 Å². The lowest BCUT2D eigenvalue weighted by atomic mass is 9.79. The van der Waals surface area contributed by atoms with Crippen molar-refractivity contribution in [3.05, 3.63) is 0 Å². The Kier molecular flexibility index (Phi) is 5.88. The molecule has 2 aliphatic rings. The van der Waals surface area contributed by atoms with Crippen LogP contribution >= 0.6 is 0 Å². The van der Waals surface area contributed by atoms with Crippen LogP contribution in [-0.2, 0) is 10.8 Å². The van der Waals surface area contributed by atoms with E-state index in [1.54, 1.807) is 0 Å². The maximum absolute atomic E-state index is 13.0. The molecule has 19 heavy (non-hydrogen) atoms. The lowest BCUT2D eigenvalue weighted by Gasteiger charge is -2.39. The molecule has 0 aliphatic heterocycles. The third-order valence-corrected chi connectivity index (χ3v) is 7.57. The summed E-state index contributed by atoms with van der Waals surface area (Å²) in [5.74, 6) is 1.52. The molecule has 2 rings (SSSR count). The molecule has 0 aromatic heterocycles. The molecule has 0 bridgehead atoms. The van der Waals surface area contributed by atoms with Gasteiger partial charge in [-0.1, -0.05) is 33.1 Å². The Hall–Kier alpha value is 0.110. The standard InChI is InChI=1S/C16H31NOS/c1-12(2)13-9-10-15(17-3)16(11-13)19(18)14-7-5-4-6-8-14/h12-17H,4-11H2,1-3H3. The van der Waals surface area contributed by atoms with Gasteiger partial charge < -0.3 is 5.32 Å². The lowest BCUT2D eigenvalue weighted by molar-refractivity contribution is 0.248. The van der Waals surface area contributed by atoms with Crippen molar-refractivity contribution in [2.45, 2.75) is 81.8 Å². The van der Waals surface area contributed by atoms with Gasteiger partial charge in [0.05, 0.1) is 5.25 Å². The van der Waals surface area contributed by atoms with Crippen molar-refractivity contribution in [3.63, 3.8) is 0 Å². The van der Waals surface area contributed by atoms with Crippen LogP contribution in [0.2, 0.25) is 0 Å². The van der Waals surface area contributed by atoms with Gasteiger partial charge in [0.2, 0.25) is 0 Å². The summed E-state index contributed by atoms with van der Waals surface area (Å²) >= 11 is 0. The fourth-order valence-corrected chi connectivity index (χ4v) is 6.22. The molecule has 1 N–H and O–H groups in total. The SMILES string of the molecule is CNC1CCC(C(C)C)CC1S(=O)C1CCCCC1. The van der Waals surface area contributed by atoms with Crippen LogP contribution in [0.4, 0.5) is 0 Å². The Morgan fingerprint density at radius 3 is 2.32 bits per heavy atom. The van der Waals surface area contributed by atoms with Gasteiger partial charge in [-0.3, -0.25) is 4.21 Å². The number of rotatable bonds is 4. The molecule has 2 aliphatic carbocycles. The summed E-state index contributed by atoms with van der Waals surface area (Å²) in [6.07, 6.45) is 10.0. The second-order valence-electron chi connectivity index (χ2n) is 6.84. The zero-order valence-electron chi connectivity index (χ0n) is 12.9. The van der Waals surface area contributed by atoms with E-state index in [4.69, 9.17) is 0 Å². The van der Waals surface area contributed by atoms with Gasteiger partial charge in [0.25, 0.3) is 0 Å². The van der Waals surface area contributed by atoms with Gasteiger partial charge in [0, 0.05) is 22.1 Å². The molecule has 0 spiro atoms. The van der Waals surface area contributed by atoms with Gasteiger partial charge in [0.1, 0.15) is 0 Å². The van der Waals surface area contributed by atoms with Crippen LogP contribution in [0.3, 0.4) is 0 Å². The van der Waals surface area contributed by atoms with Crippen LogP contribution < -0.4 is 5.32 Å². The predicted molar refractivity (Wildman–Crippen MR) is 83.8 cm³/mol. The fraction of sp³-hybridized carbons (Fsp3) is 1.00. The average molecular weight is 285 g/mol. The largest absolute Gasteiger partial charge is 0.316 e. The van der Waals surface area contributed by atoms with E-state index in [-0.39, 0.29) is 0 Å². The average Bonchev–Trinajstić information content (AvgIpc) is 2.46. The van der Waals surface area contributed by atoms with E-state index in [1.165, 1.54) is 51.4 Å². The maximum atomic E-state index is 13.0. The first-order chi connectivity index (χ1) is 9.13. The first kappa shape index (κ1) is 15.5. The molecular formula is C16H31NOS. The molecule has 112 valence electrons. The van der Waals surface area contributed by atoms with Crippen LogP contribution in [-0.4, -0.2) is 27.8 Å². The Bertz CT molecular complexity index is 299. The molecule has 0 aromatic carbocycles. The molecule has 3 heteroatoms. The van der Waals surface area contributed by atoms with Crippen LogP contribution in [0.25, 0.3) is 0 Å². The van der Waals surface area contributed by atoms with Crippen molar-refractivity contribution < 1.29 is 4.21 Å². The highest BCUT2D eigenvalue weighted by Gasteiger charge is 2.37. The van der Waals surface area contributed by atoms with Gasteiger partial charge >= 0.3 is 0 Å². The summed E-state index contributed by atoms with van der Waals surface area (Å²) < 4.78 is 13.0. The summed E-state index contributed by atoms with van der Waals surface area (Å²) in [7, 11) is 1.42. The molecule has 0 saturated heterocycles. The van der Waals surface area contributed by atoms with E-state index in [9.17, 15) is 4.21 Å². The van der Waals surface area contributed by atoms with Crippen LogP contribution in [0, 0.1) is 11.8 Å². The monoisotopic (exact) mass is 285 g/mol. The zero-order valence-corrected chi connectivity index (χ0v) is 13.7. The van der Waals surface area contributed by atoms with Crippen LogP contribution in [0.5, 0.6) is 0 Å². The molecule has 2 saturated carbocycles. The van der Waals surface area contributed by atoms with Crippen molar-refractivity contribution in [2.75, 3.05) is 7.05 Å². The highest BCUT2D eigenvalue weighted by molar-refractivity contribution is 7.86. The predicted octanol–water partition coefficient (Wildman–Crippen LogP) is 3.48. The number of nitrogens with one attached hydrogen (secondary N) is 1. The second-order valence-corrected chi connectivity index (χ2v) is 8.77. The summed E-state index contributed by atoms with van der Waals surface area (Å²) in [4.78, 5) is 0. The Labute approximate surface area is 121 Å². The van der Waals surface area contributed by atoms with Crippen LogP contribution in [0.1, 0.15) is 65.2 Å². The third-order valence-electron chi connectivity index (χ3n) is 5.33. The van der Waals surface area contributed by atoms with Gasteiger partial charge in [-0.15, -0.1) is 0 Å². The first-order valence-electron chi connectivity index (χ1n) is 8.20. The normalized spacial score (nSPS) is 35.5. The van der Waals surface area contributed by atoms with E-state index < -0.39 is 10.8 Å². The van der Waals surface area contributed by atoms with Crippen molar-refractivity contribution in [3.8, 4) is 0 Å². The highest BCUT2D eigenvalue weighted by atomic mass is 32.2. The van der Waals surface area contributed by atoms with Crippen molar-refractivity contribution >= 4 is 10.8 Å². The molecular weight excluding hydrogens is 254 g/mol. The minimum Gasteiger partial charge on any atom is -0.316 e. The molecule has 0 heterocycles. The molecule has 2 fully saturated rings. The number of hydrogen-bond donors (Lipinski definition) is 1. The molecule has 0 aromatic rings. The molecule has 0 radical (unpaired) electrons. The van der Waals surface area contributed by atoms with E-state index in [2.05, 4.69) is 19.2 Å². The van der Waals surface area contributed by atoms with Crippen molar-refractivity contribution in [2.24, 2.45) is 11.8 Å². The molecule has 4 unspecified atom stereocenters. The Morgan fingerprint density at radius 1 is 1.05 bits per heavy atom. The van der Waals surface area contributed by atoms with Crippen LogP contribution in [0.15, 0.2) is 0 Å². The number of hydrogen-bond acceptors (Lipinski definition) is 2. The van der Waals surface area contributed by atoms with Gasteiger partial charge in [0.15, 0.2) is 0 Å². The Morgan fingerprint density at radius 2 is 1.74 bits per heavy atom. The molecule has 2 nitrogen and oxygen atoms in total. The lowest BCUT2D eigenvalue weighted by Crippen LogP contribution is -2.48. The summed E-state index contributed by atoms with van der Waals surface area (Å²) in [6, 6.07) is 0.484. The summed E-state index contributed by atoms with van der Waals surface area (Å²) in [5, 5.41) is 4.32. The quantitative estimate of drug-likeness (QED) is 0.857. The van der Waals surface area contributed by atoms with E-state index in [0.717, 1.165) is 11.8 Å². The highest BCUT2D eigenvalue weighted by Crippen LogP contribution is 2.35. The van der Waals surface area contributed by atoms with Gasteiger partial charge in [-0.25, -0.2) is 0 Å². The van der Waals surface area contributed by atoms with E-state index in [1.807, 2.05) is 7.05 Å². The smallest absolute Gasteiger partial charge is 0.0506 e. The maximum Gasteiger partial charge on any atom is 0.0506 e. The van der Waals surface area contributed by atoms with Gasteiger partial charge in [-0.05, 0) is 51.0 Å². The molecule has 0 amide bonds. The minimum absolute atomic E-state index is 0.397. The first-order valence-corrected chi connectivity index (χ1v) is 9.47. The van der Waals surface area contributed by atoms with E-state index in [0.29, 0.717) is 16.5 Å². The van der Waals surface area contributed by atoms with Crippen molar-refractivity contribution in [1.29, 1.82) is 0 Å². The zero-order chi connectivity index (χ0) is 13.8. The topological polar surface area (TPSA) is 29.1 Å². The summed E-state index contributed by atoms with van der Waals surface area (Å²) in [5.41, 5.74) is 0. The second kappa shape index (κ2) is 7.21. The summed E-state index contributed by atoms with van der Waals surface area (Å²) in [6.45, 7) is 4.65. The third kappa shape index (κ3) is 3.81.